The maximum Gasteiger partial charge on any atom is 0.0164 e. The van der Waals surface area contributed by atoms with E-state index in [2.05, 4.69) is 189 Å². The van der Waals surface area contributed by atoms with Crippen LogP contribution < -0.4 is 0 Å². The largest absolute Gasteiger partial charge is 0.0917 e. The molecule has 1 aliphatic rings. The van der Waals surface area contributed by atoms with Crippen LogP contribution in [0.2, 0.25) is 0 Å². The highest BCUT2D eigenvalue weighted by Gasteiger charge is 2.45. The van der Waals surface area contributed by atoms with Crippen molar-refractivity contribution in [1.29, 1.82) is 0 Å². The second-order valence-corrected chi connectivity index (χ2v) is 11.0. The molecule has 208 valence electrons. The highest BCUT2D eigenvalue weighted by atomic mass is 14.5. The van der Waals surface area contributed by atoms with Crippen molar-refractivity contribution < 1.29 is 0 Å². The van der Waals surface area contributed by atoms with E-state index in [0.29, 0.717) is 11.8 Å². The summed E-state index contributed by atoms with van der Waals surface area (Å²) in [5.41, 5.74) is 12.3. The van der Waals surface area contributed by atoms with E-state index in [9.17, 15) is 0 Å². The molecule has 0 heterocycles. The lowest BCUT2D eigenvalue weighted by Crippen LogP contribution is -1.88. The summed E-state index contributed by atoms with van der Waals surface area (Å²) in [5.74, 6) is 0.876. The van der Waals surface area contributed by atoms with Crippen molar-refractivity contribution in [3.8, 4) is 0 Å². The van der Waals surface area contributed by atoms with E-state index in [-0.39, 0.29) is 0 Å². The van der Waals surface area contributed by atoms with E-state index >= 15 is 0 Å². The first-order chi connectivity index (χ1) is 21.2. The van der Waals surface area contributed by atoms with Crippen molar-refractivity contribution in [2.45, 2.75) is 18.8 Å². The fourth-order valence-corrected chi connectivity index (χ4v) is 5.87. The lowest BCUT2D eigenvalue weighted by molar-refractivity contribution is 1.03. The van der Waals surface area contributed by atoms with Gasteiger partial charge in [0.2, 0.25) is 0 Å². The first-order valence-corrected chi connectivity index (χ1v) is 15.0. The van der Waals surface area contributed by atoms with Crippen LogP contribution in [0.3, 0.4) is 0 Å². The third kappa shape index (κ3) is 6.66. The van der Waals surface area contributed by atoms with E-state index in [0.717, 1.165) is 11.1 Å². The van der Waals surface area contributed by atoms with Crippen molar-refractivity contribution in [1.82, 2.24) is 0 Å². The molecule has 2 atom stereocenters. The molecule has 1 fully saturated rings. The molecule has 0 bridgehead atoms. The first-order valence-electron chi connectivity index (χ1n) is 15.0. The van der Waals surface area contributed by atoms with Crippen LogP contribution in [-0.2, 0) is 0 Å². The molecule has 2 unspecified atom stereocenters. The Morgan fingerprint density at radius 1 is 0.535 bits per heavy atom. The average Bonchev–Trinajstić information content (AvgIpc) is 3.79. The predicted molar refractivity (Wildman–Crippen MR) is 185 cm³/mol. The van der Waals surface area contributed by atoms with Gasteiger partial charge in [0.25, 0.3) is 0 Å². The van der Waals surface area contributed by atoms with Gasteiger partial charge in [-0.05, 0) is 63.1 Å². The molecule has 0 radical (unpaired) electrons. The Labute approximate surface area is 256 Å². The number of hydrogen-bond donors (Lipinski definition) is 0. The summed E-state index contributed by atoms with van der Waals surface area (Å²) in [6.45, 7) is 6.45. The van der Waals surface area contributed by atoms with Crippen molar-refractivity contribution in [3.05, 3.63) is 221 Å². The summed E-state index contributed by atoms with van der Waals surface area (Å²) in [5, 5.41) is 0. The van der Waals surface area contributed by atoms with Crippen molar-refractivity contribution >= 4 is 17.2 Å². The molecule has 0 nitrogen and oxygen atoms in total. The van der Waals surface area contributed by atoms with Crippen LogP contribution in [0.5, 0.6) is 0 Å². The highest BCUT2D eigenvalue weighted by Crippen LogP contribution is 2.60. The van der Waals surface area contributed by atoms with Gasteiger partial charge >= 0.3 is 0 Å². The van der Waals surface area contributed by atoms with E-state index in [4.69, 9.17) is 0 Å². The van der Waals surface area contributed by atoms with Crippen LogP contribution in [0, 0.1) is 0 Å². The quantitative estimate of drug-likeness (QED) is 0.160. The molecule has 1 saturated carbocycles. The van der Waals surface area contributed by atoms with Gasteiger partial charge in [-0.15, -0.1) is 0 Å². The average molecular weight is 553 g/mol. The second-order valence-electron chi connectivity index (χ2n) is 11.0. The van der Waals surface area contributed by atoms with Gasteiger partial charge in [-0.3, -0.25) is 0 Å². The topological polar surface area (TPSA) is 0 Å². The van der Waals surface area contributed by atoms with Gasteiger partial charge in [-0.1, -0.05) is 182 Å². The number of benzene rings is 5. The summed E-state index contributed by atoms with van der Waals surface area (Å²) < 4.78 is 0. The normalized spacial score (nSPS) is 16.1. The number of allylic oxidation sites excluding steroid dienone is 7. The molecule has 0 heteroatoms. The molecule has 0 aliphatic heterocycles. The molecule has 43 heavy (non-hydrogen) atoms. The molecule has 5 aromatic rings. The Morgan fingerprint density at radius 2 is 1.00 bits per heavy atom. The highest BCUT2D eigenvalue weighted by molar-refractivity contribution is 5.82. The lowest BCUT2D eigenvalue weighted by atomic mass is 9.95. The molecule has 0 amide bonds. The van der Waals surface area contributed by atoms with Crippen LogP contribution in [0.15, 0.2) is 188 Å². The van der Waals surface area contributed by atoms with Gasteiger partial charge in [0, 0.05) is 11.8 Å². The molecular formula is C43H36. The van der Waals surface area contributed by atoms with Crippen molar-refractivity contribution in [2.24, 2.45) is 0 Å². The second kappa shape index (κ2) is 13.2. The minimum absolute atomic E-state index is 0.438. The van der Waals surface area contributed by atoms with E-state index in [1.165, 1.54) is 44.5 Å². The Bertz CT molecular complexity index is 1690. The van der Waals surface area contributed by atoms with Gasteiger partial charge in [-0.25, -0.2) is 0 Å². The van der Waals surface area contributed by atoms with Gasteiger partial charge in [0.1, 0.15) is 0 Å². The van der Waals surface area contributed by atoms with Crippen molar-refractivity contribution in [3.63, 3.8) is 0 Å². The third-order valence-corrected chi connectivity index (χ3v) is 8.12. The molecule has 5 aromatic carbocycles. The maximum atomic E-state index is 4.37. The molecule has 0 saturated heterocycles. The van der Waals surface area contributed by atoms with Gasteiger partial charge < -0.3 is 0 Å². The first kappa shape index (κ1) is 27.9. The Morgan fingerprint density at radius 3 is 1.47 bits per heavy atom. The summed E-state index contributed by atoms with van der Waals surface area (Å²) in [6.07, 6.45) is 11.0. The summed E-state index contributed by atoms with van der Waals surface area (Å²) in [4.78, 5) is 0. The summed E-state index contributed by atoms with van der Waals surface area (Å²) >= 11 is 0. The zero-order valence-electron chi connectivity index (χ0n) is 24.6. The molecule has 6 rings (SSSR count). The van der Waals surface area contributed by atoms with Crippen LogP contribution >= 0.6 is 0 Å². The predicted octanol–water partition coefficient (Wildman–Crippen LogP) is 11.3. The molecule has 0 spiro atoms. The minimum Gasteiger partial charge on any atom is -0.0917 e. The Balaban J connectivity index is 1.21. The number of rotatable bonds is 9. The summed E-state index contributed by atoms with van der Waals surface area (Å²) in [7, 11) is 0. The van der Waals surface area contributed by atoms with Crippen LogP contribution in [0.25, 0.3) is 17.2 Å². The number of hydrogen-bond acceptors (Lipinski definition) is 0. The van der Waals surface area contributed by atoms with Gasteiger partial charge in [0.05, 0.1) is 0 Å². The fourth-order valence-electron chi connectivity index (χ4n) is 5.87. The zero-order chi connectivity index (χ0) is 29.4. The zero-order valence-corrected chi connectivity index (χ0v) is 24.6. The molecule has 1 aliphatic carbocycles. The third-order valence-electron chi connectivity index (χ3n) is 8.12. The van der Waals surface area contributed by atoms with Gasteiger partial charge in [0.15, 0.2) is 0 Å². The van der Waals surface area contributed by atoms with E-state index < -0.39 is 0 Å². The Hall–Kier alpha value is -5.20. The molecule has 0 N–H and O–H groups in total. The van der Waals surface area contributed by atoms with E-state index in [1.807, 2.05) is 0 Å². The fraction of sp³-hybridized carbons (Fsp3) is 0.0698. The molecule has 0 aromatic heterocycles. The van der Waals surface area contributed by atoms with Gasteiger partial charge in [-0.2, -0.15) is 0 Å². The Kier molecular flexibility index (Phi) is 8.57. The standard InChI is InChI=1S/C43H36/c1-3-34(27-24-32(2)30-40(36-16-8-4-9-17-36)37-18-10-5-11-19-37)35-28-25-33(26-29-35)31-41-42(38-20-12-6-13-21-38)43(41)39-22-14-7-15-23-39/h3-31,42-43H,2H2,1H3/b27-24-,34-3+,41-31?. The maximum absolute atomic E-state index is 4.37. The SMILES string of the molecule is C=C(C=C(c1ccccc1)c1ccccc1)/C=C\C(=C/C)c1ccc(C=C2C(c3ccccc3)C2c2ccccc2)cc1. The van der Waals surface area contributed by atoms with Crippen molar-refractivity contribution in [2.75, 3.05) is 0 Å². The van der Waals surface area contributed by atoms with Crippen LogP contribution in [0.1, 0.15) is 52.1 Å². The monoisotopic (exact) mass is 552 g/mol. The van der Waals surface area contributed by atoms with Crippen LogP contribution in [-0.4, -0.2) is 0 Å². The van der Waals surface area contributed by atoms with E-state index in [1.54, 1.807) is 0 Å². The lowest BCUT2D eigenvalue weighted by Gasteiger charge is -2.09. The molecular weight excluding hydrogens is 516 g/mol. The smallest absolute Gasteiger partial charge is 0.0164 e. The minimum atomic E-state index is 0.438. The summed E-state index contributed by atoms with van der Waals surface area (Å²) in [6, 6.07) is 51.7. The van der Waals surface area contributed by atoms with Crippen LogP contribution in [0.4, 0.5) is 0 Å².